The Morgan fingerprint density at radius 3 is 2.90 bits per heavy atom. The molecule has 2 heterocycles. The molecule has 0 bridgehead atoms. The smallest absolute Gasteiger partial charge is 0.409 e. The highest BCUT2D eigenvalue weighted by molar-refractivity contribution is 9.10. The quantitative estimate of drug-likeness (QED) is 0.868. The molecule has 20 heavy (non-hydrogen) atoms. The second-order valence-corrected chi connectivity index (χ2v) is 5.95. The summed E-state index contributed by atoms with van der Waals surface area (Å²) in [6.45, 7) is 1.46. The fourth-order valence-electron chi connectivity index (χ4n) is 2.80. The van der Waals surface area contributed by atoms with Gasteiger partial charge >= 0.3 is 6.09 Å². The van der Waals surface area contributed by atoms with E-state index in [0.29, 0.717) is 5.92 Å². The number of carbonyl (C=O) groups excluding carboxylic acids is 1. The second-order valence-electron chi connectivity index (χ2n) is 5.03. The third-order valence-electron chi connectivity index (χ3n) is 3.88. The summed E-state index contributed by atoms with van der Waals surface area (Å²) in [5.41, 5.74) is 2.15. The third-order valence-corrected chi connectivity index (χ3v) is 4.38. The van der Waals surface area contributed by atoms with Crippen molar-refractivity contribution in [3.8, 4) is 0 Å². The molecule has 0 saturated carbocycles. The fourth-order valence-corrected chi connectivity index (χ4v) is 3.15. The minimum Gasteiger partial charge on any atom is -0.453 e. The van der Waals surface area contributed by atoms with Gasteiger partial charge in [0.15, 0.2) is 0 Å². The zero-order valence-corrected chi connectivity index (χ0v) is 12.8. The van der Waals surface area contributed by atoms with Crippen LogP contribution in [0.3, 0.4) is 0 Å². The number of nitrogens with zero attached hydrogens (tertiary/aromatic N) is 2. The molecular formula is C14H16BrN3O2. The highest BCUT2D eigenvalue weighted by atomic mass is 79.9. The fraction of sp³-hybridized carbons (Fsp3) is 0.429. The van der Waals surface area contributed by atoms with Gasteiger partial charge in [-0.05, 0) is 31.0 Å². The summed E-state index contributed by atoms with van der Waals surface area (Å²) in [4.78, 5) is 13.2. The van der Waals surface area contributed by atoms with Crippen LogP contribution in [0.15, 0.2) is 22.7 Å². The molecule has 0 radical (unpaired) electrons. The summed E-state index contributed by atoms with van der Waals surface area (Å²) >= 11 is 3.46. The van der Waals surface area contributed by atoms with Gasteiger partial charge in [0, 0.05) is 34.6 Å². The zero-order valence-electron chi connectivity index (χ0n) is 11.2. The molecule has 1 fully saturated rings. The van der Waals surface area contributed by atoms with Crippen molar-refractivity contribution < 1.29 is 9.53 Å². The van der Waals surface area contributed by atoms with Gasteiger partial charge in [-0.2, -0.15) is 5.10 Å². The number of aromatic amines is 1. The summed E-state index contributed by atoms with van der Waals surface area (Å²) in [5.74, 6) is 0.419. The minimum atomic E-state index is -0.234. The predicted molar refractivity (Wildman–Crippen MR) is 79.7 cm³/mol. The van der Waals surface area contributed by atoms with Crippen molar-refractivity contribution in [3.05, 3.63) is 28.4 Å². The number of H-pyrrole nitrogens is 1. The molecule has 0 aliphatic carbocycles. The number of fused-ring (bicyclic) bond motifs is 1. The van der Waals surface area contributed by atoms with Crippen LogP contribution in [-0.2, 0) is 4.74 Å². The monoisotopic (exact) mass is 337 g/mol. The molecule has 6 heteroatoms. The van der Waals surface area contributed by atoms with Crippen LogP contribution in [0.25, 0.3) is 10.9 Å². The van der Waals surface area contributed by atoms with E-state index in [1.54, 1.807) is 4.90 Å². The van der Waals surface area contributed by atoms with Crippen molar-refractivity contribution >= 4 is 32.9 Å². The first-order valence-corrected chi connectivity index (χ1v) is 7.44. The van der Waals surface area contributed by atoms with Crippen molar-refractivity contribution in [1.82, 2.24) is 15.1 Å². The minimum absolute atomic E-state index is 0.234. The van der Waals surface area contributed by atoms with Crippen LogP contribution >= 0.6 is 15.9 Å². The van der Waals surface area contributed by atoms with Crippen molar-refractivity contribution in [2.75, 3.05) is 20.2 Å². The van der Waals surface area contributed by atoms with Crippen molar-refractivity contribution in [2.24, 2.45) is 0 Å². The molecule has 1 aliphatic rings. The van der Waals surface area contributed by atoms with Crippen molar-refractivity contribution in [2.45, 2.75) is 18.8 Å². The van der Waals surface area contributed by atoms with Crippen LogP contribution in [0.1, 0.15) is 24.5 Å². The SMILES string of the molecule is COC(=O)N1CCC(c2[nH]nc3cc(Br)ccc23)CC1. The number of benzene rings is 1. The Morgan fingerprint density at radius 1 is 1.45 bits per heavy atom. The number of hydrogen-bond donors (Lipinski definition) is 1. The number of aromatic nitrogens is 2. The van der Waals surface area contributed by atoms with Gasteiger partial charge in [0.1, 0.15) is 0 Å². The molecular weight excluding hydrogens is 322 g/mol. The van der Waals surface area contributed by atoms with Gasteiger partial charge in [-0.3, -0.25) is 5.10 Å². The van der Waals surface area contributed by atoms with Gasteiger partial charge < -0.3 is 9.64 Å². The van der Waals surface area contributed by atoms with Crippen LogP contribution in [-0.4, -0.2) is 41.4 Å². The Bertz CT molecular complexity index is 632. The van der Waals surface area contributed by atoms with Gasteiger partial charge in [-0.15, -0.1) is 0 Å². The first kappa shape index (κ1) is 13.4. The molecule has 2 aromatic rings. The number of ether oxygens (including phenoxy) is 1. The lowest BCUT2D eigenvalue weighted by Crippen LogP contribution is -2.37. The summed E-state index contributed by atoms with van der Waals surface area (Å²) in [6.07, 6.45) is 1.63. The summed E-state index contributed by atoms with van der Waals surface area (Å²) in [6, 6.07) is 6.13. The van der Waals surface area contributed by atoms with Gasteiger partial charge in [0.2, 0.25) is 0 Å². The second kappa shape index (κ2) is 5.44. The van der Waals surface area contributed by atoms with Crippen LogP contribution < -0.4 is 0 Å². The molecule has 0 atom stereocenters. The van der Waals surface area contributed by atoms with E-state index in [4.69, 9.17) is 4.74 Å². The van der Waals surface area contributed by atoms with Gasteiger partial charge in [-0.25, -0.2) is 4.79 Å². The van der Waals surface area contributed by atoms with Crippen molar-refractivity contribution in [3.63, 3.8) is 0 Å². The molecule has 1 saturated heterocycles. The Morgan fingerprint density at radius 2 is 2.20 bits per heavy atom. The normalized spacial score (nSPS) is 16.6. The average molecular weight is 338 g/mol. The summed E-state index contributed by atoms with van der Waals surface area (Å²) < 4.78 is 5.79. The molecule has 5 nitrogen and oxygen atoms in total. The molecule has 1 N–H and O–H groups in total. The van der Waals surface area contributed by atoms with Crippen molar-refractivity contribution in [1.29, 1.82) is 0 Å². The van der Waals surface area contributed by atoms with Crippen LogP contribution in [0, 0.1) is 0 Å². The Balaban J connectivity index is 1.78. The number of hydrogen-bond acceptors (Lipinski definition) is 3. The van der Waals surface area contributed by atoms with Crippen LogP contribution in [0.5, 0.6) is 0 Å². The van der Waals surface area contributed by atoms with E-state index in [1.165, 1.54) is 18.2 Å². The number of methoxy groups -OCH3 is 1. The van der Waals surface area contributed by atoms with Crippen LogP contribution in [0.4, 0.5) is 4.79 Å². The standard InChI is InChI=1S/C14H16BrN3O2/c1-20-14(19)18-6-4-9(5-7-18)13-11-3-2-10(15)8-12(11)16-17-13/h2-3,8-9H,4-7H2,1H3,(H,16,17). The summed E-state index contributed by atoms with van der Waals surface area (Å²) in [5, 5.41) is 8.70. The highest BCUT2D eigenvalue weighted by Crippen LogP contribution is 2.32. The van der Waals surface area contributed by atoms with E-state index in [2.05, 4.69) is 32.2 Å². The predicted octanol–water partition coefficient (Wildman–Crippen LogP) is 3.27. The molecule has 1 amide bonds. The Kier molecular flexibility index (Phi) is 3.65. The van der Waals surface area contributed by atoms with E-state index in [9.17, 15) is 4.79 Å². The average Bonchev–Trinajstić information content (AvgIpc) is 2.89. The van der Waals surface area contributed by atoms with E-state index < -0.39 is 0 Å². The first-order chi connectivity index (χ1) is 9.69. The topological polar surface area (TPSA) is 58.2 Å². The van der Waals surface area contributed by atoms with E-state index >= 15 is 0 Å². The van der Waals surface area contributed by atoms with E-state index in [-0.39, 0.29) is 6.09 Å². The lowest BCUT2D eigenvalue weighted by Gasteiger charge is -2.30. The number of piperidine rings is 1. The van der Waals surface area contributed by atoms with Gasteiger partial charge in [0.25, 0.3) is 0 Å². The van der Waals surface area contributed by atoms with E-state index in [0.717, 1.165) is 35.9 Å². The lowest BCUT2D eigenvalue weighted by molar-refractivity contribution is 0.112. The lowest BCUT2D eigenvalue weighted by atomic mass is 9.92. The number of nitrogens with one attached hydrogen (secondary N) is 1. The number of likely N-dealkylation sites (tertiary alicyclic amines) is 1. The number of rotatable bonds is 1. The molecule has 3 rings (SSSR count). The summed E-state index contributed by atoms with van der Waals surface area (Å²) in [7, 11) is 1.43. The zero-order chi connectivity index (χ0) is 14.1. The van der Waals surface area contributed by atoms with Gasteiger partial charge in [0.05, 0.1) is 12.6 Å². The molecule has 1 aliphatic heterocycles. The number of carbonyl (C=O) groups is 1. The third kappa shape index (κ3) is 2.40. The molecule has 1 aromatic heterocycles. The first-order valence-electron chi connectivity index (χ1n) is 6.65. The maximum absolute atomic E-state index is 11.5. The molecule has 106 valence electrons. The Hall–Kier alpha value is -1.56. The van der Waals surface area contributed by atoms with E-state index in [1.807, 2.05) is 12.1 Å². The largest absolute Gasteiger partial charge is 0.453 e. The maximum atomic E-state index is 11.5. The van der Waals surface area contributed by atoms with Crippen LogP contribution in [0.2, 0.25) is 0 Å². The maximum Gasteiger partial charge on any atom is 0.409 e. The number of amides is 1. The molecule has 1 aromatic carbocycles. The Labute approximate surface area is 125 Å². The number of halogens is 1. The molecule has 0 spiro atoms. The van der Waals surface area contributed by atoms with Gasteiger partial charge in [-0.1, -0.05) is 15.9 Å². The molecule has 0 unspecified atom stereocenters. The highest BCUT2D eigenvalue weighted by Gasteiger charge is 2.26.